The Morgan fingerprint density at radius 2 is 2.11 bits per heavy atom. The first-order valence-electron chi connectivity index (χ1n) is 5.25. The van der Waals surface area contributed by atoms with E-state index >= 15 is 0 Å². The van der Waals surface area contributed by atoms with Gasteiger partial charge in [0.05, 0.1) is 7.11 Å². The summed E-state index contributed by atoms with van der Waals surface area (Å²) in [7, 11) is 1.28. The Morgan fingerprint density at radius 1 is 1.44 bits per heavy atom. The van der Waals surface area contributed by atoms with Crippen molar-refractivity contribution in [1.29, 1.82) is 0 Å². The van der Waals surface area contributed by atoms with E-state index in [4.69, 9.17) is 5.11 Å². The molecule has 1 rings (SSSR count). The van der Waals surface area contributed by atoms with E-state index in [9.17, 15) is 14.7 Å². The summed E-state index contributed by atoms with van der Waals surface area (Å²) in [5.74, 6) is -1.74. The zero-order valence-electron chi connectivity index (χ0n) is 9.79. The van der Waals surface area contributed by atoms with Crippen molar-refractivity contribution in [2.45, 2.75) is 23.8 Å². The fourth-order valence-electron chi connectivity index (χ4n) is 1.60. The van der Waals surface area contributed by atoms with Gasteiger partial charge >= 0.3 is 11.9 Å². The molecule has 0 aromatic heterocycles. The van der Waals surface area contributed by atoms with Crippen LogP contribution in [0.3, 0.4) is 0 Å². The van der Waals surface area contributed by atoms with Gasteiger partial charge in [0.1, 0.15) is 0 Å². The molecule has 0 aliphatic heterocycles. The number of aryl methyl sites for hydroxylation is 1. The zero-order chi connectivity index (χ0) is 13.7. The van der Waals surface area contributed by atoms with Gasteiger partial charge in [-0.15, -0.1) is 12.6 Å². The van der Waals surface area contributed by atoms with Crippen molar-refractivity contribution < 1.29 is 24.5 Å². The van der Waals surface area contributed by atoms with Gasteiger partial charge < -0.3 is 14.9 Å². The highest BCUT2D eigenvalue weighted by Crippen LogP contribution is 2.26. The number of esters is 1. The highest BCUT2D eigenvalue weighted by Gasteiger charge is 2.22. The van der Waals surface area contributed by atoms with Gasteiger partial charge in [-0.2, -0.15) is 0 Å². The SMILES string of the molecule is COC(=O)CCc1cccc(S)c1C(O)C(=O)O. The van der Waals surface area contributed by atoms with Crippen molar-refractivity contribution in [1.82, 2.24) is 0 Å². The Morgan fingerprint density at radius 3 is 2.67 bits per heavy atom. The van der Waals surface area contributed by atoms with E-state index in [2.05, 4.69) is 17.4 Å². The van der Waals surface area contributed by atoms with Crippen LogP contribution in [0, 0.1) is 0 Å². The van der Waals surface area contributed by atoms with Gasteiger partial charge in [0, 0.05) is 16.9 Å². The molecule has 0 amide bonds. The molecule has 0 saturated heterocycles. The fraction of sp³-hybridized carbons (Fsp3) is 0.333. The molecule has 0 saturated carbocycles. The standard InChI is InChI=1S/C12H14O5S/c1-17-9(13)6-5-7-3-2-4-8(18)10(7)11(14)12(15)16/h2-4,11,14,18H,5-6H2,1H3,(H,15,16). The number of rotatable bonds is 5. The van der Waals surface area contributed by atoms with Crippen LogP contribution >= 0.6 is 12.6 Å². The van der Waals surface area contributed by atoms with Gasteiger partial charge in [0.15, 0.2) is 6.10 Å². The molecule has 0 heterocycles. The molecule has 0 fully saturated rings. The predicted octanol–water partition coefficient (Wildman–Crippen LogP) is 1.20. The van der Waals surface area contributed by atoms with Gasteiger partial charge in [0.2, 0.25) is 0 Å². The molecular formula is C12H14O5S. The number of hydrogen-bond donors (Lipinski definition) is 3. The van der Waals surface area contributed by atoms with Crippen LogP contribution in [-0.4, -0.2) is 29.3 Å². The van der Waals surface area contributed by atoms with E-state index in [1.807, 2.05) is 0 Å². The molecule has 2 N–H and O–H groups in total. The molecule has 0 aliphatic carbocycles. The Balaban J connectivity index is 3.00. The van der Waals surface area contributed by atoms with Crippen LogP contribution in [0.25, 0.3) is 0 Å². The lowest BCUT2D eigenvalue weighted by molar-refractivity contribution is -0.147. The molecule has 6 heteroatoms. The van der Waals surface area contributed by atoms with Gasteiger partial charge in [0.25, 0.3) is 0 Å². The average Bonchev–Trinajstić information content (AvgIpc) is 2.35. The second kappa shape index (κ2) is 6.42. The molecule has 98 valence electrons. The van der Waals surface area contributed by atoms with E-state index < -0.39 is 18.0 Å². The second-order valence-corrected chi connectivity index (χ2v) is 4.15. The first kappa shape index (κ1) is 14.5. The van der Waals surface area contributed by atoms with Crippen LogP contribution in [-0.2, 0) is 20.7 Å². The van der Waals surface area contributed by atoms with E-state index in [1.54, 1.807) is 18.2 Å². The van der Waals surface area contributed by atoms with Crippen LogP contribution in [0.5, 0.6) is 0 Å². The van der Waals surface area contributed by atoms with Gasteiger partial charge in [-0.05, 0) is 18.1 Å². The molecule has 0 aliphatic rings. The van der Waals surface area contributed by atoms with Crippen molar-refractivity contribution in [3.63, 3.8) is 0 Å². The average molecular weight is 270 g/mol. The van der Waals surface area contributed by atoms with Crippen LogP contribution in [0.4, 0.5) is 0 Å². The largest absolute Gasteiger partial charge is 0.479 e. The quantitative estimate of drug-likeness (QED) is 0.553. The molecule has 0 bridgehead atoms. The first-order chi connectivity index (χ1) is 8.47. The minimum absolute atomic E-state index is 0.118. The lowest BCUT2D eigenvalue weighted by Gasteiger charge is -2.14. The normalized spacial score (nSPS) is 11.9. The summed E-state index contributed by atoms with van der Waals surface area (Å²) >= 11 is 4.13. The fourth-order valence-corrected chi connectivity index (χ4v) is 1.95. The lowest BCUT2D eigenvalue weighted by atomic mass is 9.98. The second-order valence-electron chi connectivity index (χ2n) is 3.67. The third-order valence-electron chi connectivity index (χ3n) is 2.51. The van der Waals surface area contributed by atoms with Gasteiger partial charge in [-0.1, -0.05) is 12.1 Å². The molecule has 0 radical (unpaired) electrons. The van der Waals surface area contributed by atoms with Crippen molar-refractivity contribution in [2.75, 3.05) is 7.11 Å². The van der Waals surface area contributed by atoms with Crippen LogP contribution in [0.15, 0.2) is 23.1 Å². The number of methoxy groups -OCH3 is 1. The first-order valence-corrected chi connectivity index (χ1v) is 5.70. The molecule has 5 nitrogen and oxygen atoms in total. The number of aliphatic hydroxyl groups is 1. The number of benzene rings is 1. The van der Waals surface area contributed by atoms with Crippen LogP contribution in [0.1, 0.15) is 23.7 Å². The maximum absolute atomic E-state index is 11.1. The number of aliphatic carboxylic acids is 1. The topological polar surface area (TPSA) is 83.8 Å². The summed E-state index contributed by atoms with van der Waals surface area (Å²) in [6.07, 6.45) is -1.24. The maximum Gasteiger partial charge on any atom is 0.337 e. The Hall–Kier alpha value is -1.53. The van der Waals surface area contributed by atoms with Gasteiger partial charge in [-0.25, -0.2) is 4.79 Å². The number of hydrogen-bond acceptors (Lipinski definition) is 5. The summed E-state index contributed by atoms with van der Waals surface area (Å²) in [5, 5.41) is 18.4. The van der Waals surface area contributed by atoms with E-state index in [0.29, 0.717) is 16.9 Å². The van der Waals surface area contributed by atoms with E-state index in [0.717, 1.165) is 0 Å². The number of carbonyl (C=O) groups excluding carboxylic acids is 1. The predicted molar refractivity (Wildman–Crippen MR) is 66.6 cm³/mol. The number of thiol groups is 1. The Kier molecular flexibility index (Phi) is 5.18. The van der Waals surface area contributed by atoms with Crippen molar-refractivity contribution in [3.05, 3.63) is 29.3 Å². The molecule has 1 aromatic rings. The monoisotopic (exact) mass is 270 g/mol. The molecule has 18 heavy (non-hydrogen) atoms. The Bertz CT molecular complexity index is 458. The summed E-state index contributed by atoms with van der Waals surface area (Å²) in [5.41, 5.74) is 0.792. The number of carboxylic acid groups (broad SMARTS) is 1. The van der Waals surface area contributed by atoms with Crippen LogP contribution in [0.2, 0.25) is 0 Å². The number of ether oxygens (including phenoxy) is 1. The highest BCUT2D eigenvalue weighted by molar-refractivity contribution is 7.80. The lowest BCUT2D eigenvalue weighted by Crippen LogP contribution is -2.14. The van der Waals surface area contributed by atoms with Crippen molar-refractivity contribution >= 4 is 24.6 Å². The Labute approximate surface area is 110 Å². The molecule has 1 unspecified atom stereocenters. The van der Waals surface area contributed by atoms with E-state index in [1.165, 1.54) is 7.11 Å². The third kappa shape index (κ3) is 3.48. The summed E-state index contributed by atoms with van der Waals surface area (Å²) in [6.45, 7) is 0. The minimum Gasteiger partial charge on any atom is -0.479 e. The minimum atomic E-state index is -1.65. The van der Waals surface area contributed by atoms with Crippen LogP contribution < -0.4 is 0 Å². The zero-order valence-corrected chi connectivity index (χ0v) is 10.7. The van der Waals surface area contributed by atoms with E-state index in [-0.39, 0.29) is 12.0 Å². The highest BCUT2D eigenvalue weighted by atomic mass is 32.1. The number of carbonyl (C=O) groups is 2. The molecule has 1 atom stereocenters. The molecular weight excluding hydrogens is 256 g/mol. The van der Waals surface area contributed by atoms with Crippen molar-refractivity contribution in [2.24, 2.45) is 0 Å². The maximum atomic E-state index is 11.1. The number of aliphatic hydroxyl groups excluding tert-OH is 1. The smallest absolute Gasteiger partial charge is 0.337 e. The molecule has 0 spiro atoms. The summed E-state index contributed by atoms with van der Waals surface area (Å²) in [4.78, 5) is 22.3. The number of carboxylic acids is 1. The third-order valence-corrected chi connectivity index (χ3v) is 2.90. The molecule has 1 aromatic carbocycles. The van der Waals surface area contributed by atoms with Crippen molar-refractivity contribution in [3.8, 4) is 0 Å². The van der Waals surface area contributed by atoms with Gasteiger partial charge in [-0.3, -0.25) is 4.79 Å². The summed E-state index contributed by atoms with van der Waals surface area (Å²) < 4.78 is 4.51. The summed E-state index contributed by atoms with van der Waals surface area (Å²) in [6, 6.07) is 4.93.